The van der Waals surface area contributed by atoms with Crippen molar-refractivity contribution in [2.45, 2.75) is 31.9 Å². The molecule has 0 radical (unpaired) electrons. The number of carbonyl (C=O) groups is 1. The van der Waals surface area contributed by atoms with Gasteiger partial charge >= 0.3 is 0 Å². The average Bonchev–Trinajstić information content (AvgIpc) is 2.88. The molecule has 2 fully saturated rings. The third kappa shape index (κ3) is 1.68. The summed E-state index contributed by atoms with van der Waals surface area (Å²) >= 11 is 3.37. The van der Waals surface area contributed by atoms with E-state index in [-0.39, 0.29) is 23.3 Å². The van der Waals surface area contributed by atoms with Crippen LogP contribution in [0.2, 0.25) is 0 Å². The quantitative estimate of drug-likeness (QED) is 0.862. The highest BCUT2D eigenvalue weighted by atomic mass is 79.9. The van der Waals surface area contributed by atoms with E-state index in [4.69, 9.17) is 10.5 Å². The number of ether oxygens (including phenoxy) is 1. The Morgan fingerprint density at radius 1 is 1.60 bits per heavy atom. The predicted octanol–water partition coefficient (Wildman–Crippen LogP) is 1.92. The monoisotopic (exact) mass is 339 g/mol. The van der Waals surface area contributed by atoms with Gasteiger partial charge in [-0.1, -0.05) is 13.8 Å². The van der Waals surface area contributed by atoms with Crippen molar-refractivity contribution in [2.75, 3.05) is 11.9 Å². The van der Waals surface area contributed by atoms with Crippen LogP contribution in [-0.2, 0) is 9.53 Å². The van der Waals surface area contributed by atoms with E-state index >= 15 is 0 Å². The van der Waals surface area contributed by atoms with Gasteiger partial charge in [-0.2, -0.15) is 0 Å². The molecule has 108 valence electrons. The standard InChI is InChI=1S/C14H18BrN3O2/c1-13(2)11-8(4-6-20-11)14(13,16)12(19)18-10-3-5-17-7-9(10)15/h3,5,7-8,11H,4,6,16H2,1-2H3,(H,17,18,19). The highest BCUT2D eigenvalue weighted by Crippen LogP contribution is 2.58. The molecule has 0 aromatic carbocycles. The van der Waals surface area contributed by atoms with Gasteiger partial charge in [0.15, 0.2) is 0 Å². The van der Waals surface area contributed by atoms with Crippen LogP contribution in [0.25, 0.3) is 0 Å². The number of anilines is 1. The van der Waals surface area contributed by atoms with Crippen molar-refractivity contribution in [3.63, 3.8) is 0 Å². The lowest BCUT2D eigenvalue weighted by Gasteiger charge is -2.60. The Bertz CT molecular complexity index is 563. The number of nitrogens with two attached hydrogens (primary N) is 1. The van der Waals surface area contributed by atoms with E-state index in [0.717, 1.165) is 10.9 Å². The van der Waals surface area contributed by atoms with Gasteiger partial charge < -0.3 is 15.8 Å². The molecule has 1 aromatic rings. The Morgan fingerprint density at radius 2 is 2.35 bits per heavy atom. The summed E-state index contributed by atoms with van der Waals surface area (Å²) in [6, 6.07) is 1.75. The number of pyridine rings is 1. The predicted molar refractivity (Wildman–Crippen MR) is 79.1 cm³/mol. The van der Waals surface area contributed by atoms with Crippen molar-refractivity contribution in [2.24, 2.45) is 17.1 Å². The maximum absolute atomic E-state index is 12.7. The molecule has 1 amide bonds. The second-order valence-corrected chi connectivity index (χ2v) is 6.94. The molecule has 1 aliphatic heterocycles. The van der Waals surface area contributed by atoms with Crippen molar-refractivity contribution in [1.82, 2.24) is 4.98 Å². The molecule has 3 unspecified atom stereocenters. The maximum Gasteiger partial charge on any atom is 0.245 e. The molecule has 0 bridgehead atoms. The zero-order valence-corrected chi connectivity index (χ0v) is 13.1. The molecule has 3 N–H and O–H groups in total. The largest absolute Gasteiger partial charge is 0.377 e. The molecule has 3 rings (SSSR count). The zero-order chi connectivity index (χ0) is 14.5. The molecule has 1 aromatic heterocycles. The van der Waals surface area contributed by atoms with Crippen LogP contribution >= 0.6 is 15.9 Å². The van der Waals surface area contributed by atoms with Crippen molar-refractivity contribution in [3.8, 4) is 0 Å². The molecular weight excluding hydrogens is 322 g/mol. The normalized spacial score (nSPS) is 34.2. The topological polar surface area (TPSA) is 77.2 Å². The van der Waals surface area contributed by atoms with Gasteiger partial charge in [0.05, 0.1) is 16.3 Å². The maximum atomic E-state index is 12.7. The summed E-state index contributed by atoms with van der Waals surface area (Å²) < 4.78 is 6.45. The van der Waals surface area contributed by atoms with E-state index in [9.17, 15) is 4.79 Å². The van der Waals surface area contributed by atoms with Crippen LogP contribution in [0.15, 0.2) is 22.9 Å². The SMILES string of the molecule is CC1(C)C2OCCC2C1(N)C(=O)Nc1ccncc1Br. The Hall–Kier alpha value is -0.980. The van der Waals surface area contributed by atoms with Crippen molar-refractivity contribution >= 4 is 27.5 Å². The van der Waals surface area contributed by atoms with Gasteiger partial charge in [0.25, 0.3) is 0 Å². The molecule has 1 saturated carbocycles. The molecule has 3 atom stereocenters. The summed E-state index contributed by atoms with van der Waals surface area (Å²) in [6.07, 6.45) is 4.21. The summed E-state index contributed by atoms with van der Waals surface area (Å²) in [4.78, 5) is 16.7. The fraction of sp³-hybridized carbons (Fsp3) is 0.571. The summed E-state index contributed by atoms with van der Waals surface area (Å²) in [5.41, 5.74) is 5.92. The molecule has 2 heterocycles. The molecule has 2 aliphatic rings. The number of hydrogen-bond acceptors (Lipinski definition) is 4. The lowest BCUT2D eigenvalue weighted by Crippen LogP contribution is -2.79. The fourth-order valence-corrected chi connectivity index (χ4v) is 3.90. The third-order valence-corrected chi connectivity index (χ3v) is 5.48. The first-order valence-electron chi connectivity index (χ1n) is 6.70. The Labute approximate surface area is 126 Å². The molecule has 20 heavy (non-hydrogen) atoms. The van der Waals surface area contributed by atoms with E-state index in [2.05, 4.69) is 26.2 Å². The van der Waals surface area contributed by atoms with Crippen molar-refractivity contribution < 1.29 is 9.53 Å². The molecule has 5 nitrogen and oxygen atoms in total. The van der Waals surface area contributed by atoms with E-state index < -0.39 is 5.54 Å². The number of nitrogens with zero attached hydrogens (tertiary/aromatic N) is 1. The highest BCUT2D eigenvalue weighted by Gasteiger charge is 2.71. The summed E-state index contributed by atoms with van der Waals surface area (Å²) in [7, 11) is 0. The first-order valence-corrected chi connectivity index (χ1v) is 7.50. The second-order valence-electron chi connectivity index (χ2n) is 6.09. The van der Waals surface area contributed by atoms with Gasteiger partial charge in [-0.25, -0.2) is 0 Å². The number of amides is 1. The smallest absolute Gasteiger partial charge is 0.245 e. The number of aromatic nitrogens is 1. The third-order valence-electron chi connectivity index (χ3n) is 4.85. The molecule has 6 heteroatoms. The Kier molecular flexibility index (Phi) is 3.15. The van der Waals surface area contributed by atoms with Gasteiger partial charge in [-0.15, -0.1) is 0 Å². The molecule has 1 saturated heterocycles. The van der Waals surface area contributed by atoms with Crippen LogP contribution in [0.5, 0.6) is 0 Å². The number of nitrogens with one attached hydrogen (secondary N) is 1. The van der Waals surface area contributed by atoms with Crippen LogP contribution in [-0.4, -0.2) is 29.1 Å². The highest BCUT2D eigenvalue weighted by molar-refractivity contribution is 9.10. The summed E-state index contributed by atoms with van der Waals surface area (Å²) in [5.74, 6) is -0.0562. The Balaban J connectivity index is 1.85. The first kappa shape index (κ1) is 14.0. The van der Waals surface area contributed by atoms with E-state index in [1.807, 2.05) is 13.8 Å². The minimum Gasteiger partial charge on any atom is -0.377 e. The number of rotatable bonds is 2. The van der Waals surface area contributed by atoms with Gasteiger partial charge in [-0.3, -0.25) is 9.78 Å². The van der Waals surface area contributed by atoms with Crippen LogP contribution in [0, 0.1) is 11.3 Å². The number of hydrogen-bond donors (Lipinski definition) is 2. The molecule has 0 spiro atoms. The van der Waals surface area contributed by atoms with Crippen molar-refractivity contribution in [1.29, 1.82) is 0 Å². The fourth-order valence-electron chi connectivity index (χ4n) is 3.55. The summed E-state index contributed by atoms with van der Waals surface area (Å²) in [6.45, 7) is 4.69. The number of carbonyl (C=O) groups excluding carboxylic acids is 1. The summed E-state index contributed by atoms with van der Waals surface area (Å²) in [5, 5.41) is 2.91. The zero-order valence-electron chi connectivity index (χ0n) is 11.5. The van der Waals surface area contributed by atoms with Crippen LogP contribution in [0.4, 0.5) is 5.69 Å². The number of halogens is 1. The van der Waals surface area contributed by atoms with Gasteiger partial charge in [0, 0.05) is 30.3 Å². The minimum atomic E-state index is -0.892. The number of fused-ring (bicyclic) bond motifs is 1. The lowest BCUT2D eigenvalue weighted by atomic mass is 9.48. The van der Waals surface area contributed by atoms with Gasteiger partial charge in [0.2, 0.25) is 5.91 Å². The van der Waals surface area contributed by atoms with Crippen LogP contribution in [0.1, 0.15) is 20.3 Å². The molecule has 1 aliphatic carbocycles. The van der Waals surface area contributed by atoms with E-state index in [0.29, 0.717) is 12.3 Å². The average molecular weight is 340 g/mol. The minimum absolute atomic E-state index is 0.0825. The van der Waals surface area contributed by atoms with Crippen LogP contribution in [0.3, 0.4) is 0 Å². The van der Waals surface area contributed by atoms with Crippen LogP contribution < -0.4 is 11.1 Å². The van der Waals surface area contributed by atoms with E-state index in [1.165, 1.54) is 0 Å². The first-order chi connectivity index (χ1) is 9.39. The second kappa shape index (κ2) is 4.51. The van der Waals surface area contributed by atoms with Crippen molar-refractivity contribution in [3.05, 3.63) is 22.9 Å². The molecular formula is C14H18BrN3O2. The van der Waals surface area contributed by atoms with E-state index in [1.54, 1.807) is 18.5 Å². The van der Waals surface area contributed by atoms with Gasteiger partial charge in [0.1, 0.15) is 5.54 Å². The Morgan fingerprint density at radius 3 is 3.05 bits per heavy atom. The van der Waals surface area contributed by atoms with Gasteiger partial charge in [-0.05, 0) is 28.4 Å². The lowest BCUT2D eigenvalue weighted by molar-refractivity contribution is -0.170.